The van der Waals surface area contributed by atoms with E-state index in [0.717, 1.165) is 11.8 Å². The Morgan fingerprint density at radius 2 is 1.23 bits per heavy atom. The lowest BCUT2D eigenvalue weighted by Crippen LogP contribution is -2.15. The van der Waals surface area contributed by atoms with Gasteiger partial charge in [-0.05, 0) is 42.2 Å². The summed E-state index contributed by atoms with van der Waals surface area (Å²) in [6.07, 6.45) is 16.9. The Labute approximate surface area is 138 Å². The first-order valence-electron chi connectivity index (χ1n) is 9.89. The highest BCUT2D eigenvalue weighted by molar-refractivity contribution is 5.22. The minimum Gasteiger partial charge on any atom is -0.0654 e. The van der Waals surface area contributed by atoms with Gasteiger partial charge >= 0.3 is 0 Å². The molecular formula is C22H36. The van der Waals surface area contributed by atoms with Crippen molar-refractivity contribution < 1.29 is 0 Å². The molecule has 0 aliphatic heterocycles. The number of hydrogen-bond acceptors (Lipinski definition) is 0. The molecule has 0 unspecified atom stereocenters. The van der Waals surface area contributed by atoms with Crippen molar-refractivity contribution in [2.24, 2.45) is 11.8 Å². The quantitative estimate of drug-likeness (QED) is 0.432. The summed E-state index contributed by atoms with van der Waals surface area (Å²) in [5.74, 6) is 2.05. The van der Waals surface area contributed by atoms with Crippen LogP contribution in [0.15, 0.2) is 24.3 Å². The van der Waals surface area contributed by atoms with Crippen molar-refractivity contribution >= 4 is 0 Å². The molecule has 0 atom stereocenters. The molecule has 0 heteroatoms. The minimum atomic E-state index is 0.998. The van der Waals surface area contributed by atoms with Crippen molar-refractivity contribution in [3.63, 3.8) is 0 Å². The van der Waals surface area contributed by atoms with Gasteiger partial charge in [0, 0.05) is 0 Å². The first-order valence-corrected chi connectivity index (χ1v) is 9.89. The third kappa shape index (κ3) is 6.15. The van der Waals surface area contributed by atoms with Crippen LogP contribution >= 0.6 is 0 Å². The van der Waals surface area contributed by atoms with E-state index < -0.39 is 0 Å². The maximum absolute atomic E-state index is 2.36. The molecular weight excluding hydrogens is 264 g/mol. The third-order valence-electron chi connectivity index (χ3n) is 5.59. The van der Waals surface area contributed by atoms with Gasteiger partial charge < -0.3 is 0 Å². The highest BCUT2D eigenvalue weighted by Gasteiger charge is 2.20. The summed E-state index contributed by atoms with van der Waals surface area (Å²) in [7, 11) is 0. The van der Waals surface area contributed by atoms with Crippen LogP contribution in [-0.2, 0) is 12.8 Å². The van der Waals surface area contributed by atoms with Gasteiger partial charge in [-0.3, -0.25) is 0 Å². The zero-order chi connectivity index (χ0) is 15.6. The molecule has 1 saturated carbocycles. The number of aryl methyl sites for hydroxylation is 2. The SMILES string of the molecule is CCCCCC1CCC(CCc2ccc(CCC)cc2)CC1. The molecule has 124 valence electrons. The number of hydrogen-bond donors (Lipinski definition) is 0. The van der Waals surface area contributed by atoms with Crippen LogP contribution in [0.3, 0.4) is 0 Å². The largest absolute Gasteiger partial charge is 0.0654 e. The zero-order valence-electron chi connectivity index (χ0n) is 14.9. The van der Waals surface area contributed by atoms with Crippen molar-refractivity contribution in [2.45, 2.75) is 90.9 Å². The molecule has 0 bridgehead atoms. The Bertz CT molecular complexity index is 381. The van der Waals surface area contributed by atoms with Crippen LogP contribution in [0, 0.1) is 11.8 Å². The second-order valence-corrected chi connectivity index (χ2v) is 7.49. The fourth-order valence-corrected chi connectivity index (χ4v) is 4.02. The molecule has 1 aliphatic rings. The predicted molar refractivity (Wildman–Crippen MR) is 98.3 cm³/mol. The summed E-state index contributed by atoms with van der Waals surface area (Å²) in [5, 5.41) is 0. The lowest BCUT2D eigenvalue weighted by molar-refractivity contribution is 0.249. The number of unbranched alkanes of at least 4 members (excludes halogenated alkanes) is 2. The maximum atomic E-state index is 2.36. The van der Waals surface area contributed by atoms with Crippen LogP contribution in [0.2, 0.25) is 0 Å². The normalized spacial score (nSPS) is 21.9. The molecule has 0 N–H and O–H groups in total. The molecule has 1 aliphatic carbocycles. The highest BCUT2D eigenvalue weighted by Crippen LogP contribution is 2.34. The minimum absolute atomic E-state index is 0.998. The molecule has 1 aromatic carbocycles. The molecule has 1 aromatic rings. The van der Waals surface area contributed by atoms with Gasteiger partial charge in [-0.25, -0.2) is 0 Å². The average Bonchev–Trinajstić information content (AvgIpc) is 2.56. The summed E-state index contributed by atoms with van der Waals surface area (Å²) >= 11 is 0. The summed E-state index contributed by atoms with van der Waals surface area (Å²) in [4.78, 5) is 0. The molecule has 22 heavy (non-hydrogen) atoms. The van der Waals surface area contributed by atoms with Gasteiger partial charge in [0.2, 0.25) is 0 Å². The molecule has 2 rings (SSSR count). The summed E-state index contributed by atoms with van der Waals surface area (Å²) < 4.78 is 0. The van der Waals surface area contributed by atoms with E-state index in [9.17, 15) is 0 Å². The maximum Gasteiger partial charge on any atom is -0.0276 e. The van der Waals surface area contributed by atoms with Crippen molar-refractivity contribution in [1.82, 2.24) is 0 Å². The van der Waals surface area contributed by atoms with Crippen LogP contribution < -0.4 is 0 Å². The van der Waals surface area contributed by atoms with E-state index >= 15 is 0 Å². The molecule has 0 radical (unpaired) electrons. The van der Waals surface area contributed by atoms with Crippen molar-refractivity contribution in [3.8, 4) is 0 Å². The second kappa shape index (κ2) is 10.1. The van der Waals surface area contributed by atoms with E-state index in [0.29, 0.717) is 0 Å². The van der Waals surface area contributed by atoms with Gasteiger partial charge in [0.1, 0.15) is 0 Å². The Balaban J connectivity index is 1.64. The number of benzene rings is 1. The number of rotatable bonds is 9. The third-order valence-corrected chi connectivity index (χ3v) is 5.59. The highest BCUT2D eigenvalue weighted by atomic mass is 14.3. The Morgan fingerprint density at radius 1 is 0.682 bits per heavy atom. The van der Waals surface area contributed by atoms with Crippen LogP contribution in [0.5, 0.6) is 0 Å². The summed E-state index contributed by atoms with van der Waals surface area (Å²) in [6.45, 7) is 4.57. The van der Waals surface area contributed by atoms with Gasteiger partial charge in [-0.15, -0.1) is 0 Å². The van der Waals surface area contributed by atoms with Crippen molar-refractivity contribution in [1.29, 1.82) is 0 Å². The van der Waals surface area contributed by atoms with E-state index in [1.54, 1.807) is 5.56 Å². The van der Waals surface area contributed by atoms with E-state index in [1.165, 1.54) is 82.6 Å². The monoisotopic (exact) mass is 300 g/mol. The zero-order valence-corrected chi connectivity index (χ0v) is 14.9. The molecule has 0 spiro atoms. The summed E-state index contributed by atoms with van der Waals surface area (Å²) in [6, 6.07) is 9.40. The molecule has 0 heterocycles. The van der Waals surface area contributed by atoms with Crippen LogP contribution in [0.1, 0.15) is 89.2 Å². The fraction of sp³-hybridized carbons (Fsp3) is 0.727. The van der Waals surface area contributed by atoms with E-state index in [2.05, 4.69) is 38.1 Å². The Hall–Kier alpha value is -0.780. The second-order valence-electron chi connectivity index (χ2n) is 7.49. The van der Waals surface area contributed by atoms with Crippen LogP contribution in [0.25, 0.3) is 0 Å². The van der Waals surface area contributed by atoms with Crippen LogP contribution in [0.4, 0.5) is 0 Å². The van der Waals surface area contributed by atoms with Gasteiger partial charge in [0.05, 0.1) is 0 Å². The van der Waals surface area contributed by atoms with E-state index in [-0.39, 0.29) is 0 Å². The smallest absolute Gasteiger partial charge is 0.0276 e. The average molecular weight is 301 g/mol. The first kappa shape index (κ1) is 17.6. The van der Waals surface area contributed by atoms with Crippen molar-refractivity contribution in [2.75, 3.05) is 0 Å². The molecule has 0 saturated heterocycles. The first-order chi connectivity index (χ1) is 10.8. The van der Waals surface area contributed by atoms with E-state index in [4.69, 9.17) is 0 Å². The molecule has 0 nitrogen and oxygen atoms in total. The Morgan fingerprint density at radius 3 is 1.77 bits per heavy atom. The Kier molecular flexibility index (Phi) is 8.05. The van der Waals surface area contributed by atoms with Crippen molar-refractivity contribution in [3.05, 3.63) is 35.4 Å². The fourth-order valence-electron chi connectivity index (χ4n) is 4.02. The van der Waals surface area contributed by atoms with Gasteiger partial charge in [-0.2, -0.15) is 0 Å². The lowest BCUT2D eigenvalue weighted by atomic mass is 9.78. The molecule has 0 aromatic heterocycles. The van der Waals surface area contributed by atoms with E-state index in [1.807, 2.05) is 0 Å². The predicted octanol–water partition coefficient (Wildman–Crippen LogP) is 6.96. The lowest BCUT2D eigenvalue weighted by Gasteiger charge is -2.28. The molecule has 0 amide bonds. The van der Waals surface area contributed by atoms with Crippen LogP contribution in [-0.4, -0.2) is 0 Å². The van der Waals surface area contributed by atoms with Gasteiger partial charge in [-0.1, -0.05) is 95.9 Å². The van der Waals surface area contributed by atoms with Gasteiger partial charge in [0.25, 0.3) is 0 Å². The topological polar surface area (TPSA) is 0 Å². The van der Waals surface area contributed by atoms with Gasteiger partial charge in [0.15, 0.2) is 0 Å². The molecule has 1 fully saturated rings. The standard InChI is InChI=1S/C22H36/c1-3-5-6-8-20-11-15-22(16-12-20)18-17-21-13-9-19(7-4-2)10-14-21/h9-10,13-14,20,22H,3-8,11-12,15-18H2,1-2H3. The summed E-state index contributed by atoms with van der Waals surface area (Å²) in [5.41, 5.74) is 3.05.